The van der Waals surface area contributed by atoms with Crippen molar-refractivity contribution in [1.29, 1.82) is 0 Å². The average Bonchev–Trinajstić information content (AvgIpc) is 2.32. The van der Waals surface area contributed by atoms with Gasteiger partial charge in [-0.1, -0.05) is 33.6 Å². The molecule has 1 aliphatic rings. The fourth-order valence-electron chi connectivity index (χ4n) is 2.89. The fourth-order valence-corrected chi connectivity index (χ4v) is 2.89. The van der Waals surface area contributed by atoms with Gasteiger partial charge >= 0.3 is 0 Å². The topological polar surface area (TPSA) is 32.3 Å². The first-order chi connectivity index (χ1) is 7.65. The highest BCUT2D eigenvalue weighted by molar-refractivity contribution is 4.86. The second-order valence-electron chi connectivity index (χ2n) is 5.66. The first-order valence-electron chi connectivity index (χ1n) is 7.01. The van der Waals surface area contributed by atoms with Gasteiger partial charge in [0, 0.05) is 5.54 Å². The highest BCUT2D eigenvalue weighted by atomic mass is 16.3. The molecule has 2 nitrogen and oxygen atoms in total. The molecule has 0 amide bonds. The molecule has 1 fully saturated rings. The molecule has 0 aromatic heterocycles. The Balaban J connectivity index is 2.36. The van der Waals surface area contributed by atoms with Crippen molar-refractivity contribution in [3.63, 3.8) is 0 Å². The minimum atomic E-state index is -0.0271. The zero-order chi connectivity index (χ0) is 12.0. The Labute approximate surface area is 101 Å². The van der Waals surface area contributed by atoms with Crippen molar-refractivity contribution in [2.75, 3.05) is 13.2 Å². The molecular formula is C14H29NO. The molecule has 96 valence electrons. The van der Waals surface area contributed by atoms with Crippen LogP contribution >= 0.6 is 0 Å². The van der Waals surface area contributed by atoms with Gasteiger partial charge in [0.25, 0.3) is 0 Å². The van der Waals surface area contributed by atoms with E-state index in [2.05, 4.69) is 26.1 Å². The Kier molecular flexibility index (Phi) is 5.77. The van der Waals surface area contributed by atoms with Crippen molar-refractivity contribution in [1.82, 2.24) is 5.32 Å². The second kappa shape index (κ2) is 6.61. The highest BCUT2D eigenvalue weighted by Crippen LogP contribution is 2.28. The molecule has 2 atom stereocenters. The molecule has 1 rings (SSSR count). The highest BCUT2D eigenvalue weighted by Gasteiger charge is 2.26. The summed E-state index contributed by atoms with van der Waals surface area (Å²) < 4.78 is 0. The molecule has 0 aromatic rings. The van der Waals surface area contributed by atoms with Crippen LogP contribution in [0.1, 0.15) is 59.3 Å². The third kappa shape index (κ3) is 3.74. The van der Waals surface area contributed by atoms with Gasteiger partial charge in [0.15, 0.2) is 0 Å². The maximum absolute atomic E-state index is 9.50. The lowest BCUT2D eigenvalue weighted by Gasteiger charge is -2.35. The number of aliphatic hydroxyl groups is 1. The zero-order valence-corrected chi connectivity index (χ0v) is 11.3. The number of nitrogens with one attached hydrogen (secondary N) is 1. The molecule has 1 aliphatic carbocycles. The van der Waals surface area contributed by atoms with Crippen LogP contribution in [0.25, 0.3) is 0 Å². The fraction of sp³-hybridized carbons (Fsp3) is 1.00. The Morgan fingerprint density at radius 1 is 1.25 bits per heavy atom. The first-order valence-corrected chi connectivity index (χ1v) is 7.01. The van der Waals surface area contributed by atoms with Crippen LogP contribution in [0.4, 0.5) is 0 Å². The van der Waals surface area contributed by atoms with Crippen molar-refractivity contribution >= 4 is 0 Å². The molecule has 0 heterocycles. The van der Waals surface area contributed by atoms with Gasteiger partial charge in [-0.3, -0.25) is 0 Å². The van der Waals surface area contributed by atoms with Gasteiger partial charge in [0.2, 0.25) is 0 Å². The lowest BCUT2D eigenvalue weighted by atomic mass is 9.81. The summed E-state index contributed by atoms with van der Waals surface area (Å²) in [5.74, 6) is 1.72. The Morgan fingerprint density at radius 2 is 1.94 bits per heavy atom. The molecule has 0 bridgehead atoms. The summed E-state index contributed by atoms with van der Waals surface area (Å²) in [6.45, 7) is 8.05. The Morgan fingerprint density at radius 3 is 2.44 bits per heavy atom. The van der Waals surface area contributed by atoms with Crippen LogP contribution in [0.3, 0.4) is 0 Å². The monoisotopic (exact) mass is 227 g/mol. The van der Waals surface area contributed by atoms with E-state index in [0.29, 0.717) is 0 Å². The van der Waals surface area contributed by atoms with Crippen molar-refractivity contribution < 1.29 is 5.11 Å². The maximum atomic E-state index is 9.50. The number of rotatable bonds is 6. The van der Waals surface area contributed by atoms with Gasteiger partial charge in [0.05, 0.1) is 6.61 Å². The molecule has 16 heavy (non-hydrogen) atoms. The van der Waals surface area contributed by atoms with Crippen molar-refractivity contribution in [3.8, 4) is 0 Å². The maximum Gasteiger partial charge on any atom is 0.0613 e. The SMILES string of the molecule is CCC(CC)(CO)NCC1CCCC(C)C1. The van der Waals surface area contributed by atoms with E-state index in [1.165, 1.54) is 25.7 Å². The van der Waals surface area contributed by atoms with E-state index in [-0.39, 0.29) is 12.1 Å². The van der Waals surface area contributed by atoms with Gasteiger partial charge in [-0.2, -0.15) is 0 Å². The molecule has 1 saturated carbocycles. The molecule has 0 aliphatic heterocycles. The Hall–Kier alpha value is -0.0800. The van der Waals surface area contributed by atoms with E-state index in [1.807, 2.05) is 0 Å². The van der Waals surface area contributed by atoms with Crippen LogP contribution in [0.15, 0.2) is 0 Å². The quantitative estimate of drug-likeness (QED) is 0.731. The van der Waals surface area contributed by atoms with Gasteiger partial charge in [0.1, 0.15) is 0 Å². The molecule has 0 saturated heterocycles. The third-order valence-electron chi connectivity index (χ3n) is 4.47. The van der Waals surface area contributed by atoms with Gasteiger partial charge < -0.3 is 10.4 Å². The average molecular weight is 227 g/mol. The third-order valence-corrected chi connectivity index (χ3v) is 4.47. The molecule has 0 radical (unpaired) electrons. The predicted octanol–water partition coefficient (Wildman–Crippen LogP) is 2.95. The van der Waals surface area contributed by atoms with E-state index < -0.39 is 0 Å². The molecule has 0 spiro atoms. The molecule has 2 N–H and O–H groups in total. The number of aliphatic hydroxyl groups excluding tert-OH is 1. The largest absolute Gasteiger partial charge is 0.394 e. The second-order valence-corrected chi connectivity index (χ2v) is 5.66. The van der Waals surface area contributed by atoms with Gasteiger partial charge in [-0.25, -0.2) is 0 Å². The summed E-state index contributed by atoms with van der Waals surface area (Å²) in [5.41, 5.74) is -0.0271. The Bertz CT molecular complexity index is 181. The predicted molar refractivity (Wildman–Crippen MR) is 69.5 cm³/mol. The smallest absolute Gasteiger partial charge is 0.0613 e. The number of hydrogen-bond donors (Lipinski definition) is 2. The van der Waals surface area contributed by atoms with Crippen LogP contribution < -0.4 is 5.32 Å². The summed E-state index contributed by atoms with van der Waals surface area (Å²) in [6, 6.07) is 0. The van der Waals surface area contributed by atoms with Crippen LogP contribution in [0, 0.1) is 11.8 Å². The van der Waals surface area contributed by atoms with E-state index in [0.717, 1.165) is 31.2 Å². The molecular weight excluding hydrogens is 198 g/mol. The van der Waals surface area contributed by atoms with Crippen molar-refractivity contribution in [2.45, 2.75) is 64.8 Å². The standard InChI is InChI=1S/C14H29NO/c1-4-14(5-2,11-16)15-10-13-8-6-7-12(3)9-13/h12-13,15-16H,4-11H2,1-3H3. The summed E-state index contributed by atoms with van der Waals surface area (Å²) in [4.78, 5) is 0. The molecule has 0 aromatic carbocycles. The normalized spacial score (nSPS) is 27.0. The van der Waals surface area contributed by atoms with Crippen LogP contribution in [0.2, 0.25) is 0 Å². The van der Waals surface area contributed by atoms with Gasteiger partial charge in [-0.05, 0) is 44.1 Å². The van der Waals surface area contributed by atoms with E-state index in [9.17, 15) is 5.11 Å². The number of hydrogen-bond acceptors (Lipinski definition) is 2. The van der Waals surface area contributed by atoms with Crippen LogP contribution in [-0.2, 0) is 0 Å². The van der Waals surface area contributed by atoms with E-state index in [1.54, 1.807) is 0 Å². The van der Waals surface area contributed by atoms with Gasteiger partial charge in [-0.15, -0.1) is 0 Å². The van der Waals surface area contributed by atoms with Crippen molar-refractivity contribution in [2.24, 2.45) is 11.8 Å². The van der Waals surface area contributed by atoms with Crippen LogP contribution in [-0.4, -0.2) is 23.8 Å². The summed E-state index contributed by atoms with van der Waals surface area (Å²) >= 11 is 0. The summed E-state index contributed by atoms with van der Waals surface area (Å²) in [6.07, 6.45) is 7.56. The van der Waals surface area contributed by atoms with E-state index >= 15 is 0 Å². The van der Waals surface area contributed by atoms with E-state index in [4.69, 9.17) is 0 Å². The summed E-state index contributed by atoms with van der Waals surface area (Å²) in [5, 5.41) is 13.1. The molecule has 2 heteroatoms. The van der Waals surface area contributed by atoms with Crippen LogP contribution in [0.5, 0.6) is 0 Å². The zero-order valence-electron chi connectivity index (χ0n) is 11.3. The summed E-state index contributed by atoms with van der Waals surface area (Å²) in [7, 11) is 0. The lowest BCUT2D eigenvalue weighted by Crippen LogP contribution is -2.49. The minimum absolute atomic E-state index is 0.0271. The first kappa shape index (κ1) is 14.0. The lowest BCUT2D eigenvalue weighted by molar-refractivity contribution is 0.138. The molecule has 2 unspecified atom stereocenters. The minimum Gasteiger partial charge on any atom is -0.394 e. The van der Waals surface area contributed by atoms with Crippen molar-refractivity contribution in [3.05, 3.63) is 0 Å².